The van der Waals surface area contributed by atoms with Gasteiger partial charge in [0.1, 0.15) is 11.9 Å². The Morgan fingerprint density at radius 3 is 2.68 bits per heavy atom. The fourth-order valence-electron chi connectivity index (χ4n) is 2.78. The third kappa shape index (κ3) is 3.45. The quantitative estimate of drug-likeness (QED) is 0.753. The predicted octanol–water partition coefficient (Wildman–Crippen LogP) is 0.826. The molecule has 0 aromatic heterocycles. The zero-order valence-corrected chi connectivity index (χ0v) is 12.3. The highest BCUT2D eigenvalue weighted by Gasteiger charge is 2.37. The van der Waals surface area contributed by atoms with Crippen molar-refractivity contribution in [1.29, 1.82) is 0 Å². The summed E-state index contributed by atoms with van der Waals surface area (Å²) in [5.41, 5.74) is 0.387. The Hall–Kier alpha value is -1.50. The summed E-state index contributed by atoms with van der Waals surface area (Å²) in [5, 5.41) is 16.4. The van der Waals surface area contributed by atoms with Gasteiger partial charge in [-0.2, -0.15) is 0 Å². The third-order valence-corrected chi connectivity index (χ3v) is 4.41. The summed E-state index contributed by atoms with van der Waals surface area (Å²) >= 11 is 0. The van der Waals surface area contributed by atoms with Crippen LogP contribution in [0, 0.1) is 5.82 Å². The molecule has 5 nitrogen and oxygen atoms in total. The number of carbonyl (C=O) groups excluding carboxylic acids is 1. The minimum Gasteiger partial charge on any atom is -0.389 e. The molecular formula is C16H21FN2O3. The molecule has 3 rings (SSSR count). The van der Waals surface area contributed by atoms with Crippen molar-refractivity contribution in [2.45, 2.75) is 43.6 Å². The summed E-state index contributed by atoms with van der Waals surface area (Å²) in [6.07, 6.45) is 2.49. The van der Waals surface area contributed by atoms with Crippen LogP contribution in [-0.2, 0) is 4.74 Å². The molecule has 1 amide bonds. The Kier molecular flexibility index (Phi) is 4.71. The van der Waals surface area contributed by atoms with E-state index < -0.39 is 12.2 Å². The van der Waals surface area contributed by atoms with Crippen LogP contribution < -0.4 is 10.6 Å². The van der Waals surface area contributed by atoms with Crippen molar-refractivity contribution in [1.82, 2.24) is 10.6 Å². The molecule has 3 N–H and O–H groups in total. The molecule has 3 unspecified atom stereocenters. The monoisotopic (exact) mass is 308 g/mol. The van der Waals surface area contributed by atoms with Gasteiger partial charge in [0.15, 0.2) is 0 Å². The third-order valence-electron chi connectivity index (χ3n) is 4.41. The van der Waals surface area contributed by atoms with Gasteiger partial charge in [-0.15, -0.1) is 0 Å². The lowest BCUT2D eigenvalue weighted by atomic mass is 9.92. The smallest absolute Gasteiger partial charge is 0.251 e. The summed E-state index contributed by atoms with van der Waals surface area (Å²) in [4.78, 5) is 11.9. The predicted molar refractivity (Wildman–Crippen MR) is 79.0 cm³/mol. The van der Waals surface area contributed by atoms with Crippen molar-refractivity contribution in [2.24, 2.45) is 0 Å². The lowest BCUT2D eigenvalue weighted by Gasteiger charge is -2.30. The van der Waals surface area contributed by atoms with E-state index in [9.17, 15) is 14.3 Å². The van der Waals surface area contributed by atoms with E-state index in [1.165, 1.54) is 30.7 Å². The molecule has 1 saturated heterocycles. The number of carbonyl (C=O) groups is 1. The van der Waals surface area contributed by atoms with Gasteiger partial charge in [0.2, 0.25) is 0 Å². The fraction of sp³-hybridized carbons (Fsp3) is 0.562. The lowest BCUT2D eigenvalue weighted by molar-refractivity contribution is 0.0392. The largest absolute Gasteiger partial charge is 0.389 e. The Bertz CT molecular complexity index is 519. The maximum Gasteiger partial charge on any atom is 0.251 e. The topological polar surface area (TPSA) is 70.6 Å². The number of ether oxygens (including phenoxy) is 1. The normalized spacial score (nSPS) is 28.4. The lowest BCUT2D eigenvalue weighted by Crippen LogP contribution is -2.50. The number of amides is 1. The second kappa shape index (κ2) is 6.73. The van der Waals surface area contributed by atoms with Gasteiger partial charge in [0.25, 0.3) is 5.91 Å². The fourth-order valence-corrected chi connectivity index (χ4v) is 2.78. The molecule has 1 saturated carbocycles. The molecule has 2 fully saturated rings. The Morgan fingerprint density at radius 1 is 1.32 bits per heavy atom. The number of aliphatic hydroxyl groups excluding tert-OH is 1. The van der Waals surface area contributed by atoms with Crippen molar-refractivity contribution >= 4 is 5.91 Å². The van der Waals surface area contributed by atoms with E-state index in [1.54, 1.807) is 0 Å². The number of hydrogen-bond donors (Lipinski definition) is 3. The van der Waals surface area contributed by atoms with E-state index in [0.29, 0.717) is 18.2 Å². The molecule has 1 heterocycles. The maximum absolute atomic E-state index is 12.8. The zero-order chi connectivity index (χ0) is 15.5. The van der Waals surface area contributed by atoms with Crippen LogP contribution in [0.4, 0.5) is 4.39 Å². The summed E-state index contributed by atoms with van der Waals surface area (Å²) < 4.78 is 18.4. The number of aliphatic hydroxyl groups is 1. The summed E-state index contributed by atoms with van der Waals surface area (Å²) in [6, 6.07) is 5.76. The summed E-state index contributed by atoms with van der Waals surface area (Å²) in [6.45, 7) is 0.689. The number of hydrogen-bond acceptors (Lipinski definition) is 4. The van der Waals surface area contributed by atoms with Crippen LogP contribution in [-0.4, -0.2) is 48.5 Å². The first-order chi connectivity index (χ1) is 10.6. The molecule has 2 aliphatic rings. The summed E-state index contributed by atoms with van der Waals surface area (Å²) in [5.74, 6) is -0.679. The molecule has 22 heavy (non-hydrogen) atoms. The molecule has 3 atom stereocenters. The van der Waals surface area contributed by atoms with Crippen molar-refractivity contribution in [3.8, 4) is 0 Å². The summed E-state index contributed by atoms with van der Waals surface area (Å²) in [7, 11) is 0. The molecule has 1 aliphatic heterocycles. The van der Waals surface area contributed by atoms with Gasteiger partial charge in [-0.1, -0.05) is 6.42 Å². The van der Waals surface area contributed by atoms with E-state index >= 15 is 0 Å². The molecule has 0 spiro atoms. The van der Waals surface area contributed by atoms with E-state index in [2.05, 4.69) is 10.6 Å². The average Bonchev–Trinajstić information content (AvgIpc) is 2.82. The van der Waals surface area contributed by atoms with E-state index in [1.807, 2.05) is 0 Å². The minimum absolute atomic E-state index is 0.0713. The van der Waals surface area contributed by atoms with Crippen molar-refractivity contribution in [2.75, 3.05) is 13.2 Å². The van der Waals surface area contributed by atoms with Gasteiger partial charge in [-0.25, -0.2) is 4.39 Å². The Labute approximate surface area is 128 Å². The highest BCUT2D eigenvalue weighted by Crippen LogP contribution is 2.22. The molecule has 1 aromatic carbocycles. The molecule has 120 valence electrons. The number of benzene rings is 1. The highest BCUT2D eigenvalue weighted by atomic mass is 19.1. The first-order valence-electron chi connectivity index (χ1n) is 7.73. The molecule has 0 bridgehead atoms. The Balaban J connectivity index is 1.47. The molecular weight excluding hydrogens is 287 g/mol. The van der Waals surface area contributed by atoms with Crippen LogP contribution in [0.5, 0.6) is 0 Å². The van der Waals surface area contributed by atoms with Crippen molar-refractivity contribution < 1.29 is 19.0 Å². The van der Waals surface area contributed by atoms with Crippen LogP contribution in [0.25, 0.3) is 0 Å². The first kappa shape index (κ1) is 15.4. The number of nitrogens with one attached hydrogen (secondary N) is 2. The molecule has 6 heteroatoms. The van der Waals surface area contributed by atoms with Gasteiger partial charge >= 0.3 is 0 Å². The van der Waals surface area contributed by atoms with Crippen LogP contribution >= 0.6 is 0 Å². The van der Waals surface area contributed by atoms with Crippen molar-refractivity contribution in [3.63, 3.8) is 0 Å². The average molecular weight is 308 g/mol. The van der Waals surface area contributed by atoms with Gasteiger partial charge < -0.3 is 20.5 Å². The van der Waals surface area contributed by atoms with Gasteiger partial charge in [-0.05, 0) is 37.1 Å². The number of halogens is 1. The van der Waals surface area contributed by atoms with E-state index in [-0.39, 0.29) is 24.3 Å². The minimum atomic E-state index is -0.630. The first-order valence-corrected chi connectivity index (χ1v) is 7.73. The molecule has 0 radical (unpaired) electrons. The second-order valence-corrected chi connectivity index (χ2v) is 5.98. The van der Waals surface area contributed by atoms with Gasteiger partial charge in [0, 0.05) is 18.2 Å². The van der Waals surface area contributed by atoms with Gasteiger partial charge in [-0.3, -0.25) is 4.79 Å². The molecule has 1 aromatic rings. The second-order valence-electron chi connectivity index (χ2n) is 5.98. The van der Waals surface area contributed by atoms with E-state index in [0.717, 1.165) is 12.8 Å². The van der Waals surface area contributed by atoms with E-state index in [4.69, 9.17) is 4.74 Å². The van der Waals surface area contributed by atoms with Crippen molar-refractivity contribution in [3.05, 3.63) is 35.6 Å². The SMILES string of the molecule is O=C(NCC1OCC(NC2CCC2)C1O)c1ccc(F)cc1. The Morgan fingerprint density at radius 2 is 2.05 bits per heavy atom. The van der Waals surface area contributed by atoms with Crippen LogP contribution in [0.1, 0.15) is 29.6 Å². The number of rotatable bonds is 5. The van der Waals surface area contributed by atoms with Crippen LogP contribution in [0.15, 0.2) is 24.3 Å². The maximum atomic E-state index is 12.8. The standard InChI is InChI=1S/C16H21FN2O3/c17-11-6-4-10(5-7-11)16(21)18-8-14-15(20)13(9-22-14)19-12-2-1-3-12/h4-7,12-15,19-20H,1-3,8-9H2,(H,18,21). The molecule has 1 aliphatic carbocycles. The van der Waals surface area contributed by atoms with Crippen LogP contribution in [0.3, 0.4) is 0 Å². The zero-order valence-electron chi connectivity index (χ0n) is 12.3. The van der Waals surface area contributed by atoms with Gasteiger partial charge in [0.05, 0.1) is 18.8 Å². The van der Waals surface area contributed by atoms with Crippen LogP contribution in [0.2, 0.25) is 0 Å². The highest BCUT2D eigenvalue weighted by molar-refractivity contribution is 5.94.